The van der Waals surface area contributed by atoms with E-state index in [4.69, 9.17) is 0 Å². The van der Waals surface area contributed by atoms with Gasteiger partial charge in [-0.3, -0.25) is 4.79 Å². The van der Waals surface area contributed by atoms with Crippen LogP contribution >= 0.6 is 0 Å². The molecule has 1 unspecified atom stereocenters. The van der Waals surface area contributed by atoms with Crippen LogP contribution in [-0.2, 0) is 0 Å². The molecule has 2 aromatic carbocycles. The summed E-state index contributed by atoms with van der Waals surface area (Å²) in [7, 11) is 0. The van der Waals surface area contributed by atoms with E-state index in [2.05, 4.69) is 5.32 Å². The Balaban J connectivity index is 2.08. The van der Waals surface area contributed by atoms with Crippen LogP contribution in [0.5, 0.6) is 0 Å². The molecular weight excluding hydrogens is 222 g/mol. The lowest BCUT2D eigenvalue weighted by Crippen LogP contribution is -2.26. The Kier molecular flexibility index (Phi) is 3.78. The van der Waals surface area contributed by atoms with E-state index >= 15 is 0 Å². The Morgan fingerprint density at radius 2 is 1.78 bits per heavy atom. The molecular formula is C16H17NO. The largest absolute Gasteiger partial charge is 0.346 e. The second-order valence-electron chi connectivity index (χ2n) is 4.48. The number of amides is 1. The second kappa shape index (κ2) is 5.50. The molecule has 0 bridgehead atoms. The normalized spacial score (nSPS) is 11.9. The summed E-state index contributed by atoms with van der Waals surface area (Å²) in [5, 5.41) is 3.00. The highest BCUT2D eigenvalue weighted by Crippen LogP contribution is 2.12. The Bertz CT molecular complexity index is 534. The molecule has 2 aromatic rings. The first kappa shape index (κ1) is 12.4. The van der Waals surface area contributed by atoms with Gasteiger partial charge in [-0.05, 0) is 31.5 Å². The summed E-state index contributed by atoms with van der Waals surface area (Å²) in [5.74, 6) is -0.0324. The maximum atomic E-state index is 12.1. The topological polar surface area (TPSA) is 29.1 Å². The average molecular weight is 239 g/mol. The molecule has 1 amide bonds. The number of nitrogens with one attached hydrogen (secondary N) is 1. The standard InChI is InChI=1S/C16H17NO/c1-12-7-6-10-15(11-12)16(18)17-13(2)14-8-4-3-5-9-14/h3-11,13H,1-2H3,(H,17,18). The van der Waals surface area contributed by atoms with E-state index in [9.17, 15) is 4.79 Å². The minimum atomic E-state index is -0.0324. The molecule has 0 saturated carbocycles. The molecule has 0 spiro atoms. The third-order valence-electron chi connectivity index (χ3n) is 2.93. The van der Waals surface area contributed by atoms with Crippen molar-refractivity contribution in [3.8, 4) is 0 Å². The van der Waals surface area contributed by atoms with Crippen LogP contribution in [-0.4, -0.2) is 5.91 Å². The minimum absolute atomic E-state index is 0.0132. The van der Waals surface area contributed by atoms with Crippen molar-refractivity contribution in [3.05, 3.63) is 71.3 Å². The van der Waals surface area contributed by atoms with Gasteiger partial charge in [0.2, 0.25) is 0 Å². The molecule has 0 heterocycles. The van der Waals surface area contributed by atoms with Crippen molar-refractivity contribution in [3.63, 3.8) is 0 Å². The molecule has 0 aliphatic rings. The zero-order valence-corrected chi connectivity index (χ0v) is 10.7. The van der Waals surface area contributed by atoms with Gasteiger partial charge in [0, 0.05) is 5.56 Å². The zero-order chi connectivity index (χ0) is 13.0. The molecule has 0 radical (unpaired) electrons. The maximum absolute atomic E-state index is 12.1. The van der Waals surface area contributed by atoms with Gasteiger partial charge in [-0.25, -0.2) is 0 Å². The van der Waals surface area contributed by atoms with Crippen molar-refractivity contribution < 1.29 is 4.79 Å². The number of hydrogen-bond donors (Lipinski definition) is 1. The van der Waals surface area contributed by atoms with Crippen molar-refractivity contribution in [2.75, 3.05) is 0 Å². The average Bonchev–Trinajstić information content (AvgIpc) is 2.39. The summed E-state index contributed by atoms with van der Waals surface area (Å²) in [6, 6.07) is 17.6. The van der Waals surface area contributed by atoms with Crippen molar-refractivity contribution in [1.29, 1.82) is 0 Å². The quantitative estimate of drug-likeness (QED) is 0.872. The summed E-state index contributed by atoms with van der Waals surface area (Å²) in [5.41, 5.74) is 2.91. The highest BCUT2D eigenvalue weighted by molar-refractivity contribution is 5.94. The van der Waals surface area contributed by atoms with Crippen LogP contribution in [0, 0.1) is 6.92 Å². The Labute approximate surface area is 108 Å². The number of hydrogen-bond acceptors (Lipinski definition) is 1. The van der Waals surface area contributed by atoms with E-state index in [0.29, 0.717) is 5.56 Å². The molecule has 2 rings (SSSR count). The summed E-state index contributed by atoms with van der Waals surface area (Å²) in [6.07, 6.45) is 0. The number of aryl methyl sites for hydroxylation is 1. The number of benzene rings is 2. The first-order chi connectivity index (χ1) is 8.66. The zero-order valence-electron chi connectivity index (χ0n) is 10.7. The van der Waals surface area contributed by atoms with Crippen LogP contribution in [0.2, 0.25) is 0 Å². The lowest BCUT2D eigenvalue weighted by molar-refractivity contribution is 0.0940. The molecule has 2 heteroatoms. The van der Waals surface area contributed by atoms with Crippen molar-refractivity contribution in [1.82, 2.24) is 5.32 Å². The number of rotatable bonds is 3. The molecule has 1 N–H and O–H groups in total. The van der Waals surface area contributed by atoms with E-state index in [1.807, 2.05) is 68.4 Å². The Morgan fingerprint density at radius 1 is 1.06 bits per heavy atom. The fourth-order valence-corrected chi connectivity index (χ4v) is 1.89. The smallest absolute Gasteiger partial charge is 0.251 e. The molecule has 0 saturated heterocycles. The third kappa shape index (κ3) is 2.98. The van der Waals surface area contributed by atoms with Crippen molar-refractivity contribution in [2.24, 2.45) is 0 Å². The van der Waals surface area contributed by atoms with Crippen molar-refractivity contribution in [2.45, 2.75) is 19.9 Å². The van der Waals surface area contributed by atoms with E-state index < -0.39 is 0 Å². The summed E-state index contributed by atoms with van der Waals surface area (Å²) in [6.45, 7) is 3.97. The molecule has 92 valence electrons. The van der Waals surface area contributed by atoms with Crippen LogP contribution in [0.25, 0.3) is 0 Å². The fraction of sp³-hybridized carbons (Fsp3) is 0.188. The van der Waals surface area contributed by atoms with Crippen LogP contribution in [0.3, 0.4) is 0 Å². The fourth-order valence-electron chi connectivity index (χ4n) is 1.89. The highest BCUT2D eigenvalue weighted by Gasteiger charge is 2.10. The maximum Gasteiger partial charge on any atom is 0.251 e. The summed E-state index contributed by atoms with van der Waals surface area (Å²) >= 11 is 0. The van der Waals surface area contributed by atoms with Crippen molar-refractivity contribution >= 4 is 5.91 Å². The lowest BCUT2D eigenvalue weighted by atomic mass is 10.1. The van der Waals surface area contributed by atoms with Crippen LogP contribution in [0.15, 0.2) is 54.6 Å². The van der Waals surface area contributed by atoms with Crippen LogP contribution < -0.4 is 5.32 Å². The van der Waals surface area contributed by atoms with Gasteiger partial charge in [0.25, 0.3) is 5.91 Å². The Hall–Kier alpha value is -2.09. The minimum Gasteiger partial charge on any atom is -0.346 e. The van der Waals surface area contributed by atoms with Gasteiger partial charge in [-0.15, -0.1) is 0 Å². The van der Waals surface area contributed by atoms with Gasteiger partial charge in [-0.1, -0.05) is 48.0 Å². The highest BCUT2D eigenvalue weighted by atomic mass is 16.1. The number of carbonyl (C=O) groups is 1. The SMILES string of the molecule is Cc1cccc(C(=O)NC(C)c2ccccc2)c1. The van der Waals surface area contributed by atoms with Crippen LogP contribution in [0.1, 0.15) is 34.5 Å². The number of carbonyl (C=O) groups excluding carboxylic acids is 1. The predicted molar refractivity (Wildman–Crippen MR) is 73.5 cm³/mol. The second-order valence-corrected chi connectivity index (χ2v) is 4.48. The van der Waals surface area contributed by atoms with Gasteiger partial charge in [-0.2, -0.15) is 0 Å². The first-order valence-electron chi connectivity index (χ1n) is 6.09. The third-order valence-corrected chi connectivity index (χ3v) is 2.93. The van der Waals surface area contributed by atoms with E-state index in [0.717, 1.165) is 11.1 Å². The molecule has 2 nitrogen and oxygen atoms in total. The van der Waals surface area contributed by atoms with Gasteiger partial charge < -0.3 is 5.32 Å². The van der Waals surface area contributed by atoms with Gasteiger partial charge in [0.05, 0.1) is 6.04 Å². The molecule has 18 heavy (non-hydrogen) atoms. The lowest BCUT2D eigenvalue weighted by Gasteiger charge is -2.14. The molecule has 0 aliphatic heterocycles. The van der Waals surface area contributed by atoms with Gasteiger partial charge in [0.15, 0.2) is 0 Å². The van der Waals surface area contributed by atoms with Gasteiger partial charge >= 0.3 is 0 Å². The molecule has 0 aliphatic carbocycles. The van der Waals surface area contributed by atoms with Crippen LogP contribution in [0.4, 0.5) is 0 Å². The van der Waals surface area contributed by atoms with Gasteiger partial charge in [0.1, 0.15) is 0 Å². The summed E-state index contributed by atoms with van der Waals surface area (Å²) in [4.78, 5) is 12.1. The van der Waals surface area contributed by atoms with E-state index in [1.165, 1.54) is 0 Å². The first-order valence-corrected chi connectivity index (χ1v) is 6.09. The monoisotopic (exact) mass is 239 g/mol. The predicted octanol–water partition coefficient (Wildman–Crippen LogP) is 3.49. The molecule has 0 aromatic heterocycles. The molecule has 1 atom stereocenters. The van der Waals surface area contributed by atoms with E-state index in [1.54, 1.807) is 0 Å². The van der Waals surface area contributed by atoms with E-state index in [-0.39, 0.29) is 11.9 Å². The molecule has 0 fully saturated rings. The Morgan fingerprint density at radius 3 is 2.44 bits per heavy atom. The summed E-state index contributed by atoms with van der Waals surface area (Å²) < 4.78 is 0.